The van der Waals surface area contributed by atoms with Gasteiger partial charge in [-0.3, -0.25) is 0 Å². The van der Waals surface area contributed by atoms with Crippen LogP contribution < -0.4 is 15.1 Å². The highest BCUT2D eigenvalue weighted by Crippen LogP contribution is 2.39. The lowest BCUT2D eigenvalue weighted by atomic mass is 9.73. The Hall–Kier alpha value is -1.24. The fourth-order valence-electron chi connectivity index (χ4n) is 3.32. The van der Waals surface area contributed by atoms with Gasteiger partial charge in [0.15, 0.2) is 0 Å². The maximum absolute atomic E-state index is 11.8. The summed E-state index contributed by atoms with van der Waals surface area (Å²) in [4.78, 5) is 11.8. The van der Waals surface area contributed by atoms with E-state index in [1.165, 1.54) is 12.5 Å². The smallest absolute Gasteiger partial charge is 0.339 e. The Balaban J connectivity index is 2.00. The van der Waals surface area contributed by atoms with E-state index in [2.05, 4.69) is 57.2 Å². The van der Waals surface area contributed by atoms with E-state index in [4.69, 9.17) is 13.9 Å². The monoisotopic (exact) mass is 486 g/mol. The third-order valence-corrected chi connectivity index (χ3v) is 5.70. The number of hydrogen-bond acceptors (Lipinski definition) is 4. The largest absolute Gasteiger partial charge is 0.497 e. The van der Waals surface area contributed by atoms with Gasteiger partial charge in [0, 0.05) is 9.49 Å². The molecular weight excluding hydrogens is 455 g/mol. The van der Waals surface area contributed by atoms with Crippen LogP contribution in [-0.4, -0.2) is 17.1 Å². The molecule has 0 aliphatic heterocycles. The molecule has 27 heavy (non-hydrogen) atoms. The summed E-state index contributed by atoms with van der Waals surface area (Å²) < 4.78 is 16.7. The number of methoxy groups -OCH3 is 1. The standard InChI is InChI=1S/C22H31IO4/c1-15(14-22(4,5)23)21(2,3)10-7-11-26-18-13-20(24)27-19-12-16(25-6)8-9-17(18)19/h8-9,12-13,15H,7,10-11,14H2,1-6H3. The molecule has 2 rings (SSSR count). The third kappa shape index (κ3) is 6.40. The van der Waals surface area contributed by atoms with Gasteiger partial charge in [-0.2, -0.15) is 0 Å². The molecule has 0 aliphatic carbocycles. The first-order valence-electron chi connectivity index (χ1n) is 9.45. The van der Waals surface area contributed by atoms with Crippen molar-refractivity contribution in [2.75, 3.05) is 13.7 Å². The van der Waals surface area contributed by atoms with Crippen LogP contribution in [0.2, 0.25) is 0 Å². The molecule has 1 unspecified atom stereocenters. The molecule has 5 heteroatoms. The van der Waals surface area contributed by atoms with Gasteiger partial charge in [-0.1, -0.05) is 57.2 Å². The van der Waals surface area contributed by atoms with E-state index < -0.39 is 5.63 Å². The van der Waals surface area contributed by atoms with Gasteiger partial charge in [-0.25, -0.2) is 4.79 Å². The zero-order valence-electron chi connectivity index (χ0n) is 17.2. The van der Waals surface area contributed by atoms with E-state index in [0.717, 1.165) is 18.2 Å². The Bertz CT molecular complexity index is 817. The molecule has 0 saturated carbocycles. The molecule has 0 fully saturated rings. The van der Waals surface area contributed by atoms with E-state index in [0.29, 0.717) is 33.0 Å². The quantitative estimate of drug-likeness (QED) is 0.183. The highest BCUT2D eigenvalue weighted by atomic mass is 127. The first-order chi connectivity index (χ1) is 12.5. The molecule has 2 aromatic rings. The molecule has 0 saturated heterocycles. The van der Waals surface area contributed by atoms with E-state index in [1.807, 2.05) is 12.1 Å². The lowest BCUT2D eigenvalue weighted by molar-refractivity contribution is 0.172. The summed E-state index contributed by atoms with van der Waals surface area (Å²) in [6.45, 7) is 12.1. The normalized spacial score (nSPS) is 13.6. The Kier molecular flexibility index (Phi) is 7.22. The molecule has 1 heterocycles. The molecule has 0 radical (unpaired) electrons. The fraction of sp³-hybridized carbons (Fsp3) is 0.591. The predicted molar refractivity (Wildman–Crippen MR) is 119 cm³/mol. The molecular formula is C22H31IO4. The average Bonchev–Trinajstić information content (AvgIpc) is 2.56. The first kappa shape index (κ1) is 22.1. The molecule has 1 aromatic carbocycles. The minimum Gasteiger partial charge on any atom is -0.497 e. The van der Waals surface area contributed by atoms with Crippen molar-refractivity contribution in [1.29, 1.82) is 0 Å². The Morgan fingerprint density at radius 2 is 1.89 bits per heavy atom. The molecule has 0 bridgehead atoms. The second-order valence-corrected chi connectivity index (χ2v) is 11.5. The lowest BCUT2D eigenvalue weighted by Crippen LogP contribution is -2.27. The van der Waals surface area contributed by atoms with Crippen molar-refractivity contribution < 1.29 is 13.9 Å². The zero-order chi connectivity index (χ0) is 20.2. The number of benzene rings is 1. The fourth-order valence-corrected chi connectivity index (χ4v) is 3.98. The molecule has 0 N–H and O–H groups in total. The zero-order valence-corrected chi connectivity index (χ0v) is 19.4. The maximum atomic E-state index is 11.8. The molecule has 1 atom stereocenters. The van der Waals surface area contributed by atoms with Crippen molar-refractivity contribution in [1.82, 2.24) is 0 Å². The second kappa shape index (κ2) is 8.84. The van der Waals surface area contributed by atoms with Gasteiger partial charge in [-0.15, -0.1) is 0 Å². The van der Waals surface area contributed by atoms with Crippen LogP contribution in [0.25, 0.3) is 11.0 Å². The van der Waals surface area contributed by atoms with Crippen LogP contribution in [0, 0.1) is 11.3 Å². The highest BCUT2D eigenvalue weighted by Gasteiger charge is 2.29. The van der Waals surface area contributed by atoms with E-state index in [9.17, 15) is 4.79 Å². The van der Waals surface area contributed by atoms with Crippen LogP contribution in [-0.2, 0) is 0 Å². The third-order valence-electron chi connectivity index (χ3n) is 5.26. The average molecular weight is 486 g/mol. The Labute approximate surface area is 175 Å². The van der Waals surface area contributed by atoms with Crippen LogP contribution in [0.15, 0.2) is 33.5 Å². The van der Waals surface area contributed by atoms with Gasteiger partial charge < -0.3 is 13.9 Å². The minimum absolute atomic E-state index is 0.247. The first-order valence-corrected chi connectivity index (χ1v) is 10.5. The van der Waals surface area contributed by atoms with Crippen molar-refractivity contribution in [3.63, 3.8) is 0 Å². The van der Waals surface area contributed by atoms with Crippen LogP contribution in [0.1, 0.15) is 53.9 Å². The van der Waals surface area contributed by atoms with Crippen molar-refractivity contribution in [3.05, 3.63) is 34.7 Å². The number of alkyl halides is 1. The van der Waals surface area contributed by atoms with Gasteiger partial charge in [0.05, 0.1) is 25.2 Å². The van der Waals surface area contributed by atoms with Crippen LogP contribution in [0.4, 0.5) is 0 Å². The van der Waals surface area contributed by atoms with E-state index >= 15 is 0 Å². The van der Waals surface area contributed by atoms with Gasteiger partial charge in [0.1, 0.15) is 17.1 Å². The number of hydrogen-bond donors (Lipinski definition) is 0. The summed E-state index contributed by atoms with van der Waals surface area (Å²) >= 11 is 2.53. The number of ether oxygens (including phenoxy) is 2. The van der Waals surface area contributed by atoms with Crippen molar-refractivity contribution >= 4 is 33.6 Å². The van der Waals surface area contributed by atoms with Gasteiger partial charge >= 0.3 is 5.63 Å². The van der Waals surface area contributed by atoms with Crippen LogP contribution >= 0.6 is 22.6 Å². The molecule has 0 amide bonds. The minimum atomic E-state index is -0.413. The van der Waals surface area contributed by atoms with Crippen LogP contribution in [0.5, 0.6) is 11.5 Å². The van der Waals surface area contributed by atoms with Crippen molar-refractivity contribution in [2.24, 2.45) is 11.3 Å². The molecule has 0 aliphatic rings. The summed E-state index contributed by atoms with van der Waals surface area (Å²) in [6.07, 6.45) is 3.21. The topological polar surface area (TPSA) is 48.7 Å². The molecule has 0 spiro atoms. The summed E-state index contributed by atoms with van der Waals surface area (Å²) in [5.74, 6) is 1.85. The summed E-state index contributed by atoms with van der Waals surface area (Å²) in [5.41, 5.74) is 0.316. The van der Waals surface area contributed by atoms with Gasteiger partial charge in [0.25, 0.3) is 0 Å². The lowest BCUT2D eigenvalue weighted by Gasteiger charge is -2.35. The molecule has 150 valence electrons. The van der Waals surface area contributed by atoms with Gasteiger partial charge in [0.2, 0.25) is 0 Å². The Morgan fingerprint density at radius 1 is 1.19 bits per heavy atom. The summed E-state index contributed by atoms with van der Waals surface area (Å²) in [7, 11) is 1.58. The van der Waals surface area contributed by atoms with Gasteiger partial charge in [-0.05, 0) is 42.7 Å². The summed E-state index contributed by atoms with van der Waals surface area (Å²) in [5, 5.41) is 0.787. The maximum Gasteiger partial charge on any atom is 0.339 e. The van der Waals surface area contributed by atoms with E-state index in [-0.39, 0.29) is 5.41 Å². The van der Waals surface area contributed by atoms with Crippen LogP contribution in [0.3, 0.4) is 0 Å². The SMILES string of the molecule is COc1ccc2c(OCCCC(C)(C)C(C)CC(C)(C)I)cc(=O)oc2c1. The Morgan fingerprint density at radius 3 is 2.52 bits per heavy atom. The van der Waals surface area contributed by atoms with Crippen molar-refractivity contribution in [3.8, 4) is 11.5 Å². The van der Waals surface area contributed by atoms with Crippen molar-refractivity contribution in [2.45, 2.75) is 57.3 Å². The number of halogens is 1. The molecule has 1 aromatic heterocycles. The number of rotatable bonds is 9. The van der Waals surface area contributed by atoms with E-state index in [1.54, 1.807) is 13.2 Å². The second-order valence-electron chi connectivity index (χ2n) is 8.56. The predicted octanol–water partition coefficient (Wildman–Crippen LogP) is 6.23. The summed E-state index contributed by atoms with van der Waals surface area (Å²) in [6, 6.07) is 6.83. The molecule has 4 nitrogen and oxygen atoms in total. The number of fused-ring (bicyclic) bond motifs is 1. The highest BCUT2D eigenvalue weighted by molar-refractivity contribution is 14.1.